The smallest absolute Gasteiger partial charge is 0.331 e. The van der Waals surface area contributed by atoms with Gasteiger partial charge in [0, 0.05) is 17.3 Å². The number of benzene rings is 2. The van der Waals surface area contributed by atoms with Crippen LogP contribution in [0.4, 0.5) is 15.3 Å². The van der Waals surface area contributed by atoms with Gasteiger partial charge >= 0.3 is 18.0 Å². The molecule has 1 saturated heterocycles. The van der Waals surface area contributed by atoms with E-state index in [2.05, 4.69) is 10.6 Å². The number of imide groups is 1. The van der Waals surface area contributed by atoms with E-state index in [9.17, 15) is 14.4 Å². The van der Waals surface area contributed by atoms with E-state index in [-0.39, 0.29) is 13.1 Å². The summed E-state index contributed by atoms with van der Waals surface area (Å²) >= 11 is 5.99. The summed E-state index contributed by atoms with van der Waals surface area (Å²) in [6.07, 6.45) is -0.816. The molecule has 2 N–H and O–H groups in total. The molecule has 1 aliphatic heterocycles. The molecular weight excluding hydrogens is 448 g/mol. The first-order valence-corrected chi connectivity index (χ1v) is 10.9. The molecule has 9 nitrogen and oxygen atoms in total. The average Bonchev–Trinajstić information content (AvgIpc) is 2.81. The maximum atomic E-state index is 13.3. The van der Waals surface area contributed by atoms with E-state index in [1.807, 2.05) is 6.92 Å². The van der Waals surface area contributed by atoms with Crippen LogP contribution in [0, 0.1) is 5.92 Å². The summed E-state index contributed by atoms with van der Waals surface area (Å²) < 4.78 is 10.2. The van der Waals surface area contributed by atoms with Gasteiger partial charge in [-0.3, -0.25) is 15.0 Å². The Balaban J connectivity index is 1.83. The van der Waals surface area contributed by atoms with Crippen molar-refractivity contribution < 1.29 is 23.9 Å². The van der Waals surface area contributed by atoms with Gasteiger partial charge in [0.15, 0.2) is 6.29 Å². The number of anilines is 1. The van der Waals surface area contributed by atoms with Crippen LogP contribution >= 0.6 is 11.6 Å². The molecule has 3 rings (SSSR count). The zero-order chi connectivity index (χ0) is 24.0. The fourth-order valence-corrected chi connectivity index (χ4v) is 3.49. The van der Waals surface area contributed by atoms with Crippen LogP contribution in [0.3, 0.4) is 0 Å². The number of hydrogen-bond donors (Lipinski definition) is 2. The molecule has 1 fully saturated rings. The van der Waals surface area contributed by atoms with Crippen LogP contribution in [0.25, 0.3) is 0 Å². The van der Waals surface area contributed by atoms with Gasteiger partial charge in [0.1, 0.15) is 5.75 Å². The average molecular weight is 475 g/mol. The van der Waals surface area contributed by atoms with Gasteiger partial charge in [0.2, 0.25) is 0 Å². The monoisotopic (exact) mass is 474 g/mol. The standard InChI is InChI=1S/C23H27ClN4O5/c1-4-33-19-11-9-18(10-12-19)25-21-26-22(30)28(13-15(2)20(29)32-3)23(31)27(21)14-16-5-7-17(24)8-6-16/h5-12,15,21,25H,4,13-14H2,1-3H3,(H,26,30)/t15-,21?/m0/s1. The van der Waals surface area contributed by atoms with Gasteiger partial charge in [-0.25, -0.2) is 14.5 Å². The molecule has 0 aromatic heterocycles. The van der Waals surface area contributed by atoms with E-state index >= 15 is 0 Å². The Morgan fingerprint density at radius 1 is 1.15 bits per heavy atom. The largest absolute Gasteiger partial charge is 0.494 e. The maximum Gasteiger partial charge on any atom is 0.331 e. The molecule has 10 heteroatoms. The second-order valence-corrected chi connectivity index (χ2v) is 7.96. The van der Waals surface area contributed by atoms with Crippen LogP contribution in [0.15, 0.2) is 48.5 Å². The Hall–Kier alpha value is -3.46. The number of carbonyl (C=O) groups excluding carboxylic acids is 3. The third-order valence-electron chi connectivity index (χ3n) is 5.09. The van der Waals surface area contributed by atoms with Gasteiger partial charge in [-0.1, -0.05) is 30.7 Å². The van der Waals surface area contributed by atoms with Crippen LogP contribution in [0.1, 0.15) is 19.4 Å². The topological polar surface area (TPSA) is 100 Å². The second kappa shape index (κ2) is 10.9. The molecule has 176 valence electrons. The van der Waals surface area contributed by atoms with E-state index in [0.29, 0.717) is 23.1 Å². The fraction of sp³-hybridized carbons (Fsp3) is 0.348. The van der Waals surface area contributed by atoms with Crippen molar-refractivity contribution in [1.82, 2.24) is 15.1 Å². The van der Waals surface area contributed by atoms with E-state index < -0.39 is 30.2 Å². The number of urea groups is 2. The Morgan fingerprint density at radius 2 is 1.82 bits per heavy atom. The number of halogens is 1. The van der Waals surface area contributed by atoms with Crippen molar-refractivity contribution in [1.29, 1.82) is 0 Å². The summed E-state index contributed by atoms with van der Waals surface area (Å²) in [6, 6.07) is 13.1. The van der Waals surface area contributed by atoms with Crippen molar-refractivity contribution >= 4 is 35.3 Å². The van der Waals surface area contributed by atoms with Crippen LogP contribution in [0.2, 0.25) is 5.02 Å². The highest BCUT2D eigenvalue weighted by Gasteiger charge is 2.39. The zero-order valence-corrected chi connectivity index (χ0v) is 19.5. The molecule has 4 amide bonds. The third-order valence-corrected chi connectivity index (χ3v) is 5.34. The van der Waals surface area contributed by atoms with Gasteiger partial charge in [-0.2, -0.15) is 0 Å². The van der Waals surface area contributed by atoms with Gasteiger partial charge in [-0.05, 0) is 48.9 Å². The molecule has 1 heterocycles. The van der Waals surface area contributed by atoms with Crippen molar-refractivity contribution in [3.05, 3.63) is 59.1 Å². The van der Waals surface area contributed by atoms with E-state index in [0.717, 1.165) is 10.5 Å². The van der Waals surface area contributed by atoms with E-state index in [1.165, 1.54) is 12.0 Å². The summed E-state index contributed by atoms with van der Waals surface area (Å²) in [5, 5.41) is 6.55. The number of nitrogens with one attached hydrogen (secondary N) is 2. The van der Waals surface area contributed by atoms with Crippen molar-refractivity contribution in [3.63, 3.8) is 0 Å². The van der Waals surface area contributed by atoms with Gasteiger partial charge in [-0.15, -0.1) is 0 Å². The normalized spacial score (nSPS) is 16.8. The number of esters is 1. The number of amides is 4. The maximum absolute atomic E-state index is 13.3. The molecule has 1 unspecified atom stereocenters. The van der Waals surface area contributed by atoms with Gasteiger partial charge in [0.05, 0.1) is 26.2 Å². The molecule has 1 aliphatic rings. The van der Waals surface area contributed by atoms with Gasteiger partial charge < -0.3 is 14.8 Å². The highest BCUT2D eigenvalue weighted by molar-refractivity contribution is 6.30. The molecule has 0 radical (unpaired) electrons. The van der Waals surface area contributed by atoms with Crippen molar-refractivity contribution in [2.24, 2.45) is 5.92 Å². The summed E-state index contributed by atoms with van der Waals surface area (Å²) in [5.41, 5.74) is 1.51. The quantitative estimate of drug-likeness (QED) is 0.535. The number of rotatable bonds is 9. The highest BCUT2D eigenvalue weighted by atomic mass is 35.5. The Morgan fingerprint density at radius 3 is 2.42 bits per heavy atom. The van der Waals surface area contributed by atoms with E-state index in [1.54, 1.807) is 55.5 Å². The minimum atomic E-state index is -0.816. The Labute approximate surface area is 197 Å². The van der Waals surface area contributed by atoms with Crippen LogP contribution in [0.5, 0.6) is 5.75 Å². The second-order valence-electron chi connectivity index (χ2n) is 7.53. The van der Waals surface area contributed by atoms with Crippen molar-refractivity contribution in [3.8, 4) is 5.75 Å². The molecule has 0 aliphatic carbocycles. The molecule has 2 aromatic carbocycles. The van der Waals surface area contributed by atoms with Crippen molar-refractivity contribution in [2.75, 3.05) is 25.6 Å². The summed E-state index contributed by atoms with van der Waals surface area (Å²) in [6.45, 7) is 4.14. The molecular formula is C23H27ClN4O5. The summed E-state index contributed by atoms with van der Waals surface area (Å²) in [4.78, 5) is 40.4. The predicted octanol–water partition coefficient (Wildman–Crippen LogP) is 3.89. The first-order chi connectivity index (χ1) is 15.8. The lowest BCUT2D eigenvalue weighted by atomic mass is 10.1. The van der Waals surface area contributed by atoms with Crippen LogP contribution in [-0.4, -0.2) is 54.4 Å². The first kappa shape index (κ1) is 24.2. The number of nitrogens with zero attached hydrogens (tertiary/aromatic N) is 2. The lowest BCUT2D eigenvalue weighted by Gasteiger charge is -2.41. The first-order valence-electron chi connectivity index (χ1n) is 10.5. The Bertz CT molecular complexity index is 983. The Kier molecular flexibility index (Phi) is 8.00. The molecule has 0 saturated carbocycles. The van der Waals surface area contributed by atoms with Crippen LogP contribution in [-0.2, 0) is 16.1 Å². The van der Waals surface area contributed by atoms with E-state index in [4.69, 9.17) is 21.1 Å². The zero-order valence-electron chi connectivity index (χ0n) is 18.7. The minimum Gasteiger partial charge on any atom is -0.494 e. The molecule has 33 heavy (non-hydrogen) atoms. The SMILES string of the molecule is CCOc1ccc(NC2NC(=O)N(C[C@H](C)C(=O)OC)C(=O)N2Cc2ccc(Cl)cc2)cc1. The lowest BCUT2D eigenvalue weighted by Crippen LogP contribution is -2.67. The number of methoxy groups -OCH3 is 1. The lowest BCUT2D eigenvalue weighted by molar-refractivity contribution is -0.145. The van der Waals surface area contributed by atoms with Crippen molar-refractivity contribution in [2.45, 2.75) is 26.7 Å². The third kappa shape index (κ3) is 6.07. The minimum absolute atomic E-state index is 0.107. The molecule has 2 aromatic rings. The van der Waals surface area contributed by atoms with Gasteiger partial charge in [0.25, 0.3) is 0 Å². The fourth-order valence-electron chi connectivity index (χ4n) is 3.37. The summed E-state index contributed by atoms with van der Waals surface area (Å²) in [5.74, 6) is -0.458. The highest BCUT2D eigenvalue weighted by Crippen LogP contribution is 2.22. The molecule has 2 atom stereocenters. The predicted molar refractivity (Wildman–Crippen MR) is 124 cm³/mol. The molecule has 0 bridgehead atoms. The molecule has 0 spiro atoms. The number of carbonyl (C=O) groups is 3. The number of ether oxygens (including phenoxy) is 2. The number of hydrogen-bond acceptors (Lipinski definition) is 6. The van der Waals surface area contributed by atoms with Crippen LogP contribution < -0.4 is 15.4 Å². The summed E-state index contributed by atoms with van der Waals surface area (Å²) in [7, 11) is 1.26.